The Hall–Kier alpha value is -12.1. The highest BCUT2D eigenvalue weighted by atomic mass is 32.2. The topological polar surface area (TPSA) is 259 Å². The molecule has 3 spiro atoms. The lowest BCUT2D eigenvalue weighted by molar-refractivity contribution is -0.131. The molecule has 4 N–H and O–H groups in total. The maximum absolute atomic E-state index is 13.7. The minimum absolute atomic E-state index is 0. The maximum Gasteiger partial charge on any atom is 0.519 e. The molecule has 6 heterocycles. The second-order valence-electron chi connectivity index (χ2n) is 29.0. The van der Waals surface area contributed by atoms with Crippen LogP contribution in [0.15, 0.2) is 248 Å². The smallest absolute Gasteiger partial charge is 0.428 e. The fourth-order valence-corrected chi connectivity index (χ4v) is 19.0. The average molecular weight is 1570 g/mol. The van der Waals surface area contributed by atoms with Gasteiger partial charge in [0, 0.05) is 78.8 Å². The van der Waals surface area contributed by atoms with E-state index >= 15 is 0 Å². The molecule has 9 aromatic rings. The number of ether oxygens (including phenoxy) is 3. The van der Waals surface area contributed by atoms with Crippen LogP contribution >= 0.6 is 23.5 Å². The minimum Gasteiger partial charge on any atom is -0.428 e. The second kappa shape index (κ2) is 33.8. The molecule has 0 radical (unpaired) electrons. The van der Waals surface area contributed by atoms with Crippen molar-refractivity contribution in [3.8, 4) is 33.4 Å². The van der Waals surface area contributed by atoms with Crippen molar-refractivity contribution in [2.75, 3.05) is 21.1 Å². The molecule has 0 aliphatic carbocycles. The van der Waals surface area contributed by atoms with Gasteiger partial charge in [0.25, 0.3) is 17.7 Å². The van der Waals surface area contributed by atoms with Crippen LogP contribution in [-0.4, -0.2) is 103 Å². The number of carbonyl (C=O) groups is 5. The lowest BCUT2D eigenvalue weighted by Crippen LogP contribution is -2.44. The molecule has 3 amide bonds. The Labute approximate surface area is 671 Å². The Kier molecular flexibility index (Phi) is 24.5. The monoisotopic (exact) mass is 1570 g/mol. The first-order valence-corrected chi connectivity index (χ1v) is 39.2. The lowest BCUT2D eigenvalue weighted by Gasteiger charge is -2.36. The number of thioether (sulfide) groups is 2. The van der Waals surface area contributed by atoms with Gasteiger partial charge in [-0.2, -0.15) is 0 Å². The molecule has 6 aliphatic rings. The number of amides is 3. The van der Waals surface area contributed by atoms with E-state index in [2.05, 4.69) is 72.8 Å². The second-order valence-corrected chi connectivity index (χ2v) is 33.6. The van der Waals surface area contributed by atoms with Crippen molar-refractivity contribution in [3.63, 3.8) is 0 Å². The maximum atomic E-state index is 13.7. The van der Waals surface area contributed by atoms with Gasteiger partial charge in [0.1, 0.15) is 17.0 Å². The van der Waals surface area contributed by atoms with Crippen LogP contribution in [0.3, 0.4) is 0 Å². The summed E-state index contributed by atoms with van der Waals surface area (Å²) in [5.74, 6) is 0.617. The molecular formula is C89H89N11O10S3. The summed E-state index contributed by atoms with van der Waals surface area (Å²) in [5, 5.41) is -0.691. The number of amidine groups is 1. The van der Waals surface area contributed by atoms with Gasteiger partial charge in [0.05, 0.1) is 29.9 Å². The summed E-state index contributed by atoms with van der Waals surface area (Å²) in [6.45, 7) is 36.1. The first kappa shape index (κ1) is 81.8. The van der Waals surface area contributed by atoms with Gasteiger partial charge in [-0.05, 0) is 153 Å². The minimum atomic E-state index is -3.80. The number of guanidine groups is 2. The van der Waals surface area contributed by atoms with Gasteiger partial charge < -0.3 is 30.6 Å². The summed E-state index contributed by atoms with van der Waals surface area (Å²) in [6.07, 6.45) is -0.986. The van der Waals surface area contributed by atoms with Gasteiger partial charge >= 0.3 is 12.3 Å². The Balaban J connectivity index is 0.000000163. The number of hydrogen-bond acceptors (Lipinski definition) is 17. The van der Waals surface area contributed by atoms with Gasteiger partial charge in [0.2, 0.25) is 0 Å². The predicted octanol–water partition coefficient (Wildman–Crippen LogP) is 19.7. The number of carbonyl (C=O) groups excluding carboxylic acids is 5. The van der Waals surface area contributed by atoms with Gasteiger partial charge in [-0.1, -0.05) is 185 Å². The molecule has 6 unspecified atom stereocenters. The number of sulfone groups is 1. The molecule has 24 heteroatoms. The molecule has 0 aromatic heterocycles. The van der Waals surface area contributed by atoms with Crippen molar-refractivity contribution in [1.29, 1.82) is 0 Å². The zero-order valence-corrected chi connectivity index (χ0v) is 66.3. The summed E-state index contributed by atoms with van der Waals surface area (Å²) in [6, 6.07) is 69.0. The highest BCUT2D eigenvalue weighted by Gasteiger charge is 2.58. The molecule has 113 heavy (non-hydrogen) atoms. The summed E-state index contributed by atoms with van der Waals surface area (Å²) < 4.78 is 47.4. The Morgan fingerprint density at radius 1 is 0.487 bits per heavy atom. The standard InChI is InChI=1S/C26H21N3OS.C25H20N4O3S.C25H20N4OS.C10H18O5.C2H6.CH4/c1-17-28-26(25(30)29(17)3)16-24(18-8-5-4-6-9-18)31-23-13-12-20(15-22(23)26)19-10-7-11-21(14-19)27-2;1-27-19-10-6-9-17(13-19)18-11-12-21-20(14-18)25(23(30)29(2)24(26)28-25)15-22(33(21,31)32)16-7-4-3-5-8-16;1-27-19-10-6-9-17(13-19)18-11-12-21-20(14-18)25(23(30)29(2)24(26)28-25)15-22(31-21)16-7-4-3-5-8-16;1-9(2,3)14-7(11)13-8(12)15-10(4,5)6;1-2;/h4-15,24H,16H2,1,3H3;3-14,22H,15H2,2H3,(H2,26,28);3-14,22H,15H2,2H3,(H2,26,28);1-6H3;1-2H3;1H4/i;;;;1D;. The van der Waals surface area contributed by atoms with E-state index in [0.29, 0.717) is 53.5 Å². The third-order valence-electron chi connectivity index (χ3n) is 19.4. The zero-order valence-electron chi connectivity index (χ0n) is 64.8. The van der Waals surface area contributed by atoms with Crippen LogP contribution < -0.4 is 11.5 Å². The number of aliphatic imine (C=N–C) groups is 3. The zero-order chi connectivity index (χ0) is 81.5. The van der Waals surface area contributed by atoms with Crippen LogP contribution in [-0.2, 0) is 55.0 Å². The van der Waals surface area contributed by atoms with Crippen LogP contribution in [0.1, 0.15) is 139 Å². The van der Waals surface area contributed by atoms with Crippen molar-refractivity contribution in [1.82, 2.24) is 14.7 Å². The van der Waals surface area contributed by atoms with Gasteiger partial charge in [-0.15, -0.1) is 23.5 Å². The number of fused-ring (bicyclic) bond motifs is 6. The quantitative estimate of drug-likeness (QED) is 0.0891. The summed E-state index contributed by atoms with van der Waals surface area (Å²) in [5.41, 5.74) is 19.5. The van der Waals surface area contributed by atoms with Crippen LogP contribution in [0.5, 0.6) is 0 Å². The van der Waals surface area contributed by atoms with Crippen LogP contribution in [0.2, 0.25) is 0 Å². The third-order valence-corrected chi connectivity index (χ3v) is 24.3. The van der Waals surface area contributed by atoms with E-state index in [1.54, 1.807) is 171 Å². The molecule has 0 saturated carbocycles. The van der Waals surface area contributed by atoms with Crippen LogP contribution in [0.25, 0.3) is 47.9 Å². The number of nitrogens with two attached hydrogens (primary N) is 2. The van der Waals surface area contributed by atoms with E-state index in [1.165, 1.54) is 20.9 Å². The number of nitrogens with zero attached hydrogens (tertiary/aromatic N) is 9. The number of likely N-dealkylation sites (N-methyl/N-ethyl adjacent to an activating group) is 3. The van der Waals surface area contributed by atoms with E-state index in [9.17, 15) is 32.4 Å². The van der Waals surface area contributed by atoms with Crippen molar-refractivity contribution in [2.45, 2.75) is 147 Å². The molecule has 0 saturated heterocycles. The number of benzene rings is 9. The first-order valence-electron chi connectivity index (χ1n) is 36.6. The summed E-state index contributed by atoms with van der Waals surface area (Å²) in [7, 11) is 1.22. The fraction of sp³-hybridized carbons (Fsp3) is 0.270. The van der Waals surface area contributed by atoms with Crippen molar-refractivity contribution >= 4 is 98.2 Å². The van der Waals surface area contributed by atoms with Gasteiger partial charge in [-0.25, -0.2) is 42.5 Å². The average Bonchev–Trinajstić information content (AvgIpc) is 1.47. The van der Waals surface area contributed by atoms with Gasteiger partial charge in [-0.3, -0.25) is 29.2 Å². The lowest BCUT2D eigenvalue weighted by atomic mass is 9.82. The first-order chi connectivity index (χ1) is 53.7. The molecule has 0 bridgehead atoms. The van der Waals surface area contributed by atoms with E-state index in [0.717, 1.165) is 54.6 Å². The van der Waals surface area contributed by atoms with E-state index in [1.807, 2.05) is 104 Å². The molecular weight excluding hydrogens is 1480 g/mol. The molecule has 578 valence electrons. The van der Waals surface area contributed by atoms with E-state index in [-0.39, 0.29) is 58.9 Å². The molecule has 15 rings (SSSR count). The Morgan fingerprint density at radius 2 is 0.823 bits per heavy atom. The molecule has 21 nitrogen and oxygen atoms in total. The van der Waals surface area contributed by atoms with Crippen LogP contribution in [0, 0.1) is 19.7 Å². The Bertz CT molecular complexity index is 5320. The Morgan fingerprint density at radius 3 is 1.17 bits per heavy atom. The van der Waals surface area contributed by atoms with Gasteiger partial charge in [0.15, 0.2) is 55.4 Å². The highest BCUT2D eigenvalue weighted by Crippen LogP contribution is 2.58. The molecule has 6 aliphatic heterocycles. The van der Waals surface area contributed by atoms with Crippen molar-refractivity contribution < 1.29 is 48.0 Å². The summed E-state index contributed by atoms with van der Waals surface area (Å²) in [4.78, 5) is 93.9. The van der Waals surface area contributed by atoms with E-state index < -0.39 is 55.2 Å². The normalized spacial score (nSPS) is 20.7. The fourth-order valence-electron chi connectivity index (χ4n) is 14.0. The third kappa shape index (κ3) is 17.3. The molecule has 6 atom stereocenters. The largest absolute Gasteiger partial charge is 0.519 e. The number of hydrogen-bond donors (Lipinski definition) is 2. The summed E-state index contributed by atoms with van der Waals surface area (Å²) >= 11 is 3.56. The number of rotatable bonds is 6. The van der Waals surface area contributed by atoms with Crippen molar-refractivity contribution in [3.05, 3.63) is 286 Å². The molecule has 0 fully saturated rings. The predicted molar refractivity (Wildman–Crippen MR) is 446 cm³/mol. The van der Waals surface area contributed by atoms with Crippen molar-refractivity contribution in [2.24, 2.45) is 26.4 Å². The van der Waals surface area contributed by atoms with Crippen LogP contribution in [0.4, 0.5) is 26.7 Å². The SMILES string of the molecule is C.CC(C)(C)OC(=O)OC(=O)OC(C)(C)C.[2H]CC.[C-]#[N+]c1cccc(-c2ccc3c(c2)C2(CC(c4ccccc4)S3(=O)=O)N=C(N)N(C)C2=O)c1.[C-]#[N+]c1cccc(-c2ccc3c(c2)C2(CC(c4ccccc4)S3)N=C(C)N(C)C2=O)c1.[C-]#[N+]c1cccc(-c2ccc3c(c2)C2(CC(c4ccccc4)S3)N=C(N)N(C)C2=O)c1. The van der Waals surface area contributed by atoms with E-state index in [4.69, 9.17) is 52.0 Å². The molecule has 9 aromatic carbocycles. The highest BCUT2D eigenvalue weighted by molar-refractivity contribution is 8.00.